The van der Waals surface area contributed by atoms with E-state index < -0.39 is 0 Å². The minimum Gasteiger partial charge on any atom is -0.352 e. The molecule has 2 rings (SSSR count). The van der Waals surface area contributed by atoms with Crippen molar-refractivity contribution in [1.82, 2.24) is 4.98 Å². The number of alkyl halides is 1. The van der Waals surface area contributed by atoms with Crippen molar-refractivity contribution in [3.05, 3.63) is 35.0 Å². The SMILES string of the molecule is O=C(CCl)c1cc2c(Cl)cccc2[nH]1. The fraction of sp³-hybridized carbons (Fsp3) is 0.100. The van der Waals surface area contributed by atoms with Crippen molar-refractivity contribution in [1.29, 1.82) is 0 Å². The molecule has 1 heterocycles. The molecule has 0 atom stereocenters. The molecule has 0 unspecified atom stereocenters. The molecule has 0 bridgehead atoms. The quantitative estimate of drug-likeness (QED) is 0.621. The molecule has 0 amide bonds. The van der Waals surface area contributed by atoms with Crippen LogP contribution in [0.15, 0.2) is 24.3 Å². The van der Waals surface area contributed by atoms with Crippen molar-refractivity contribution in [2.45, 2.75) is 0 Å². The number of Topliss-reactive ketones (excluding diaryl/α,β-unsaturated/α-hetero) is 1. The summed E-state index contributed by atoms with van der Waals surface area (Å²) in [6.07, 6.45) is 0. The summed E-state index contributed by atoms with van der Waals surface area (Å²) in [6, 6.07) is 7.21. The van der Waals surface area contributed by atoms with E-state index in [9.17, 15) is 4.79 Å². The second kappa shape index (κ2) is 3.64. The topological polar surface area (TPSA) is 32.9 Å². The van der Waals surface area contributed by atoms with Crippen LogP contribution in [0.25, 0.3) is 10.9 Å². The zero-order chi connectivity index (χ0) is 10.1. The lowest BCUT2D eigenvalue weighted by molar-refractivity contribution is 0.101. The molecule has 0 aliphatic carbocycles. The average Bonchev–Trinajstić information content (AvgIpc) is 2.62. The van der Waals surface area contributed by atoms with Crippen molar-refractivity contribution in [2.24, 2.45) is 0 Å². The number of carbonyl (C=O) groups excluding carboxylic acids is 1. The van der Waals surface area contributed by atoms with E-state index >= 15 is 0 Å². The van der Waals surface area contributed by atoms with Crippen LogP contribution in [0.2, 0.25) is 5.02 Å². The highest BCUT2D eigenvalue weighted by atomic mass is 35.5. The zero-order valence-electron chi connectivity index (χ0n) is 7.18. The van der Waals surface area contributed by atoms with Gasteiger partial charge in [-0.1, -0.05) is 17.7 Å². The Morgan fingerprint density at radius 2 is 2.21 bits per heavy atom. The van der Waals surface area contributed by atoms with E-state index in [1.165, 1.54) is 0 Å². The van der Waals surface area contributed by atoms with Crippen LogP contribution in [0.3, 0.4) is 0 Å². The fourth-order valence-corrected chi connectivity index (χ4v) is 1.71. The van der Waals surface area contributed by atoms with Gasteiger partial charge in [-0.15, -0.1) is 11.6 Å². The van der Waals surface area contributed by atoms with Crippen LogP contribution in [0.1, 0.15) is 10.5 Å². The molecule has 0 radical (unpaired) electrons. The number of benzene rings is 1. The van der Waals surface area contributed by atoms with Gasteiger partial charge >= 0.3 is 0 Å². The standard InChI is InChI=1S/C10H7Cl2NO/c11-5-10(14)9-4-6-7(12)2-1-3-8(6)13-9/h1-4,13H,5H2. The largest absolute Gasteiger partial charge is 0.352 e. The van der Waals surface area contributed by atoms with Crippen LogP contribution < -0.4 is 0 Å². The molecule has 0 aliphatic heterocycles. The van der Waals surface area contributed by atoms with Gasteiger partial charge in [-0.2, -0.15) is 0 Å². The molecule has 1 aromatic heterocycles. The molecule has 1 aromatic carbocycles. The van der Waals surface area contributed by atoms with Gasteiger partial charge in [0.1, 0.15) is 0 Å². The molecular formula is C10H7Cl2NO. The number of ketones is 1. The van der Waals surface area contributed by atoms with Gasteiger partial charge in [0.2, 0.25) is 0 Å². The summed E-state index contributed by atoms with van der Waals surface area (Å²) in [7, 11) is 0. The number of hydrogen-bond acceptors (Lipinski definition) is 1. The van der Waals surface area contributed by atoms with Crippen molar-refractivity contribution >= 4 is 39.9 Å². The molecule has 2 nitrogen and oxygen atoms in total. The molecule has 0 saturated carbocycles. The first kappa shape index (κ1) is 9.56. The number of hydrogen-bond donors (Lipinski definition) is 1. The molecule has 14 heavy (non-hydrogen) atoms. The molecule has 0 aliphatic rings. The van der Waals surface area contributed by atoms with Crippen LogP contribution in [0.5, 0.6) is 0 Å². The van der Waals surface area contributed by atoms with Crippen molar-refractivity contribution in [3.63, 3.8) is 0 Å². The van der Waals surface area contributed by atoms with Gasteiger partial charge in [0.15, 0.2) is 5.78 Å². The number of aromatic amines is 1. The van der Waals surface area contributed by atoms with E-state index in [1.54, 1.807) is 12.1 Å². The second-order valence-electron chi connectivity index (χ2n) is 2.94. The van der Waals surface area contributed by atoms with Crippen molar-refractivity contribution in [3.8, 4) is 0 Å². The molecule has 72 valence electrons. The third-order valence-corrected chi connectivity index (χ3v) is 2.61. The maximum absolute atomic E-state index is 11.3. The molecule has 4 heteroatoms. The Kier molecular flexibility index (Phi) is 2.48. The lowest BCUT2D eigenvalue weighted by atomic mass is 10.2. The summed E-state index contributed by atoms with van der Waals surface area (Å²) >= 11 is 11.4. The summed E-state index contributed by atoms with van der Waals surface area (Å²) in [5.74, 6) is -0.149. The number of halogens is 2. The highest BCUT2D eigenvalue weighted by molar-refractivity contribution is 6.36. The minimum atomic E-state index is -0.126. The Morgan fingerprint density at radius 1 is 1.43 bits per heavy atom. The van der Waals surface area contributed by atoms with E-state index in [1.807, 2.05) is 12.1 Å². The maximum atomic E-state index is 11.3. The first-order valence-corrected chi connectivity index (χ1v) is 5.00. The molecule has 0 spiro atoms. The number of H-pyrrole nitrogens is 1. The van der Waals surface area contributed by atoms with Gasteiger partial charge in [-0.05, 0) is 18.2 Å². The summed E-state index contributed by atoms with van der Waals surface area (Å²) in [6.45, 7) is 0. The van der Waals surface area contributed by atoms with E-state index in [4.69, 9.17) is 23.2 Å². The van der Waals surface area contributed by atoms with E-state index in [-0.39, 0.29) is 11.7 Å². The lowest BCUT2D eigenvalue weighted by Gasteiger charge is -1.90. The van der Waals surface area contributed by atoms with Gasteiger partial charge in [-0.3, -0.25) is 4.79 Å². The zero-order valence-corrected chi connectivity index (χ0v) is 8.69. The normalized spacial score (nSPS) is 10.7. The Bertz CT molecular complexity index is 490. The maximum Gasteiger partial charge on any atom is 0.193 e. The summed E-state index contributed by atoms with van der Waals surface area (Å²) < 4.78 is 0. The summed E-state index contributed by atoms with van der Waals surface area (Å²) in [5.41, 5.74) is 1.36. The summed E-state index contributed by atoms with van der Waals surface area (Å²) in [4.78, 5) is 14.3. The molecule has 0 saturated heterocycles. The van der Waals surface area contributed by atoms with Crippen molar-refractivity contribution in [2.75, 3.05) is 5.88 Å². The number of carbonyl (C=O) groups is 1. The van der Waals surface area contributed by atoms with E-state index in [2.05, 4.69) is 4.98 Å². The fourth-order valence-electron chi connectivity index (χ4n) is 1.34. The predicted molar refractivity (Wildman–Crippen MR) is 58.4 cm³/mol. The Labute approximate surface area is 90.8 Å². The van der Waals surface area contributed by atoms with Crippen molar-refractivity contribution < 1.29 is 4.79 Å². The van der Waals surface area contributed by atoms with Gasteiger partial charge in [0.25, 0.3) is 0 Å². The molecule has 2 aromatic rings. The number of aromatic nitrogens is 1. The molecular weight excluding hydrogens is 221 g/mol. The van der Waals surface area contributed by atoms with E-state index in [0.717, 1.165) is 10.9 Å². The highest BCUT2D eigenvalue weighted by Crippen LogP contribution is 2.24. The van der Waals surface area contributed by atoms with Gasteiger partial charge in [0, 0.05) is 15.9 Å². The van der Waals surface area contributed by atoms with Gasteiger partial charge in [-0.25, -0.2) is 0 Å². The Hall–Kier alpha value is -0.990. The van der Waals surface area contributed by atoms with Crippen LogP contribution in [-0.4, -0.2) is 16.6 Å². The van der Waals surface area contributed by atoms with Crippen LogP contribution in [0.4, 0.5) is 0 Å². The lowest BCUT2D eigenvalue weighted by Crippen LogP contribution is -1.99. The van der Waals surface area contributed by atoms with Crippen LogP contribution in [-0.2, 0) is 0 Å². The molecule has 1 N–H and O–H groups in total. The monoisotopic (exact) mass is 227 g/mol. The van der Waals surface area contributed by atoms with Gasteiger partial charge < -0.3 is 4.98 Å². The first-order valence-electron chi connectivity index (χ1n) is 4.09. The van der Waals surface area contributed by atoms with Crippen LogP contribution >= 0.6 is 23.2 Å². The van der Waals surface area contributed by atoms with Gasteiger partial charge in [0.05, 0.1) is 11.6 Å². The minimum absolute atomic E-state index is 0.0234. The first-order chi connectivity index (χ1) is 6.72. The van der Waals surface area contributed by atoms with E-state index in [0.29, 0.717) is 10.7 Å². The number of fused-ring (bicyclic) bond motifs is 1. The second-order valence-corrected chi connectivity index (χ2v) is 3.62. The predicted octanol–water partition coefficient (Wildman–Crippen LogP) is 3.24. The smallest absolute Gasteiger partial charge is 0.193 e. The Balaban J connectivity index is 2.62. The average molecular weight is 228 g/mol. The number of nitrogens with one attached hydrogen (secondary N) is 1. The Morgan fingerprint density at radius 3 is 2.86 bits per heavy atom. The molecule has 0 fully saturated rings. The van der Waals surface area contributed by atoms with Crippen LogP contribution in [0, 0.1) is 0 Å². The highest BCUT2D eigenvalue weighted by Gasteiger charge is 2.09. The third-order valence-electron chi connectivity index (χ3n) is 2.03. The third kappa shape index (κ3) is 1.51. The number of rotatable bonds is 2. The summed E-state index contributed by atoms with van der Waals surface area (Å²) in [5, 5.41) is 1.48.